The van der Waals surface area contributed by atoms with Gasteiger partial charge in [-0.25, -0.2) is 4.79 Å². The van der Waals surface area contributed by atoms with E-state index in [-0.39, 0.29) is 12.6 Å². The predicted molar refractivity (Wildman–Crippen MR) is 84.1 cm³/mol. The van der Waals surface area contributed by atoms with Crippen LogP contribution in [0.5, 0.6) is 5.75 Å². The summed E-state index contributed by atoms with van der Waals surface area (Å²) in [4.78, 5) is 12.0. The Kier molecular flexibility index (Phi) is 4.25. The lowest BCUT2D eigenvalue weighted by Gasteiger charge is -2.28. The Hall–Kier alpha value is -1.75. The van der Waals surface area contributed by atoms with E-state index < -0.39 is 5.54 Å². The molecule has 2 amide bonds. The summed E-state index contributed by atoms with van der Waals surface area (Å²) in [6, 6.07) is 6.01. The first-order valence-electron chi connectivity index (χ1n) is 8.02. The largest absolute Gasteiger partial charge is 0.493 e. The van der Waals surface area contributed by atoms with Crippen LogP contribution in [0.15, 0.2) is 18.2 Å². The second-order valence-corrected chi connectivity index (χ2v) is 6.52. The number of amides is 2. The van der Waals surface area contributed by atoms with E-state index in [0.717, 1.165) is 38.0 Å². The van der Waals surface area contributed by atoms with Crippen molar-refractivity contribution >= 4 is 6.03 Å². The smallest absolute Gasteiger partial charge is 0.315 e. The van der Waals surface area contributed by atoms with Gasteiger partial charge in [-0.3, -0.25) is 0 Å². The third-order valence-corrected chi connectivity index (χ3v) is 4.66. The van der Waals surface area contributed by atoms with Gasteiger partial charge < -0.3 is 20.5 Å². The highest BCUT2D eigenvalue weighted by Gasteiger charge is 2.42. The fourth-order valence-corrected chi connectivity index (χ4v) is 3.01. The summed E-state index contributed by atoms with van der Waals surface area (Å²) in [5.41, 5.74) is 1.97. The lowest BCUT2D eigenvalue weighted by Crippen LogP contribution is -2.54. The Morgan fingerprint density at radius 3 is 3.00 bits per heavy atom. The minimum absolute atomic E-state index is 0.0179. The first-order chi connectivity index (χ1) is 10.6. The molecule has 1 atom stereocenters. The van der Waals surface area contributed by atoms with Crippen LogP contribution in [-0.4, -0.2) is 36.4 Å². The summed E-state index contributed by atoms with van der Waals surface area (Å²) in [7, 11) is 0. The fourth-order valence-electron chi connectivity index (χ4n) is 3.01. The van der Waals surface area contributed by atoms with E-state index in [2.05, 4.69) is 16.7 Å². The molecule has 22 heavy (non-hydrogen) atoms. The van der Waals surface area contributed by atoms with Gasteiger partial charge in [-0.15, -0.1) is 0 Å². The standard InChI is InChI=1S/C17H24N2O3/c1-17(11-20,14-3-4-14)19-16(21)18-8-6-12-2-5-15-13(10-12)7-9-22-15/h2,5,10,14,20H,3-4,6-9,11H2,1H3,(H2,18,19,21)/t17-/m0/s1. The monoisotopic (exact) mass is 304 g/mol. The van der Waals surface area contributed by atoms with Gasteiger partial charge in [0.2, 0.25) is 0 Å². The zero-order valence-corrected chi connectivity index (χ0v) is 13.0. The molecule has 0 unspecified atom stereocenters. The maximum absolute atomic E-state index is 12.0. The van der Waals surface area contributed by atoms with Gasteiger partial charge in [0.25, 0.3) is 0 Å². The van der Waals surface area contributed by atoms with Crippen LogP contribution in [0, 0.1) is 5.92 Å². The van der Waals surface area contributed by atoms with Crippen LogP contribution in [-0.2, 0) is 12.8 Å². The molecule has 1 aliphatic carbocycles. The molecule has 0 saturated heterocycles. The van der Waals surface area contributed by atoms with Crippen LogP contribution in [0.25, 0.3) is 0 Å². The number of ether oxygens (including phenoxy) is 1. The molecule has 120 valence electrons. The molecule has 0 bridgehead atoms. The topological polar surface area (TPSA) is 70.6 Å². The number of hydrogen-bond acceptors (Lipinski definition) is 3. The van der Waals surface area contributed by atoms with Gasteiger partial charge in [-0.2, -0.15) is 0 Å². The highest BCUT2D eigenvalue weighted by atomic mass is 16.5. The maximum Gasteiger partial charge on any atom is 0.315 e. The number of fused-ring (bicyclic) bond motifs is 1. The average molecular weight is 304 g/mol. The molecule has 1 fully saturated rings. The van der Waals surface area contributed by atoms with Gasteiger partial charge >= 0.3 is 6.03 Å². The van der Waals surface area contributed by atoms with Crippen molar-refractivity contribution < 1.29 is 14.6 Å². The van der Waals surface area contributed by atoms with Crippen LogP contribution in [0.2, 0.25) is 0 Å². The van der Waals surface area contributed by atoms with Crippen molar-refractivity contribution in [1.82, 2.24) is 10.6 Å². The summed E-state index contributed by atoms with van der Waals surface area (Å²) in [5, 5.41) is 15.3. The average Bonchev–Trinajstić information content (AvgIpc) is 3.26. The predicted octanol–water partition coefficient (Wildman–Crippen LogP) is 1.62. The van der Waals surface area contributed by atoms with E-state index in [1.165, 1.54) is 11.1 Å². The molecule has 0 aromatic heterocycles. The SMILES string of the molecule is C[C@@](CO)(NC(=O)NCCc1ccc2c(c1)CCO2)C1CC1. The van der Waals surface area contributed by atoms with Crippen LogP contribution in [0.4, 0.5) is 4.79 Å². The van der Waals surface area contributed by atoms with E-state index in [9.17, 15) is 9.90 Å². The van der Waals surface area contributed by atoms with Crippen molar-refractivity contribution in [2.45, 2.75) is 38.1 Å². The minimum Gasteiger partial charge on any atom is -0.493 e. The van der Waals surface area contributed by atoms with E-state index in [1.54, 1.807) is 0 Å². The van der Waals surface area contributed by atoms with Crippen molar-refractivity contribution in [3.05, 3.63) is 29.3 Å². The number of aliphatic hydroxyl groups excluding tert-OH is 1. The number of urea groups is 1. The van der Waals surface area contributed by atoms with Gasteiger partial charge in [0.05, 0.1) is 18.8 Å². The van der Waals surface area contributed by atoms with Gasteiger partial charge in [-0.05, 0) is 49.3 Å². The summed E-state index contributed by atoms with van der Waals surface area (Å²) < 4.78 is 5.49. The van der Waals surface area contributed by atoms with Crippen LogP contribution in [0.1, 0.15) is 30.9 Å². The van der Waals surface area contributed by atoms with Crippen molar-refractivity contribution in [3.63, 3.8) is 0 Å². The highest BCUT2D eigenvalue weighted by Crippen LogP contribution is 2.39. The van der Waals surface area contributed by atoms with Gasteiger partial charge in [0, 0.05) is 13.0 Å². The summed E-state index contributed by atoms with van der Waals surface area (Å²) in [6.45, 7) is 3.23. The number of carbonyl (C=O) groups excluding carboxylic acids is 1. The number of rotatable bonds is 6. The number of carbonyl (C=O) groups is 1. The molecule has 3 rings (SSSR count). The molecule has 5 heteroatoms. The minimum atomic E-state index is -0.491. The van der Waals surface area contributed by atoms with Gasteiger partial charge in [0.1, 0.15) is 5.75 Å². The van der Waals surface area contributed by atoms with E-state index >= 15 is 0 Å². The van der Waals surface area contributed by atoms with Crippen molar-refractivity contribution in [3.8, 4) is 5.75 Å². The molecule has 2 aliphatic rings. The van der Waals surface area contributed by atoms with Gasteiger partial charge in [0.15, 0.2) is 0 Å². The second-order valence-electron chi connectivity index (χ2n) is 6.52. The molecule has 0 radical (unpaired) electrons. The summed E-state index contributed by atoms with van der Waals surface area (Å²) >= 11 is 0. The number of hydrogen-bond donors (Lipinski definition) is 3. The maximum atomic E-state index is 12.0. The Morgan fingerprint density at radius 2 is 2.27 bits per heavy atom. The highest BCUT2D eigenvalue weighted by molar-refractivity contribution is 5.74. The zero-order chi connectivity index (χ0) is 15.6. The molecule has 1 heterocycles. The number of benzene rings is 1. The van der Waals surface area contributed by atoms with Crippen LogP contribution >= 0.6 is 0 Å². The normalized spacial score (nSPS) is 19.0. The molecule has 0 spiro atoms. The quantitative estimate of drug-likeness (QED) is 0.748. The Morgan fingerprint density at radius 1 is 1.45 bits per heavy atom. The summed E-state index contributed by atoms with van der Waals surface area (Å²) in [5.74, 6) is 1.39. The van der Waals surface area contributed by atoms with E-state index in [4.69, 9.17) is 4.74 Å². The molecular weight excluding hydrogens is 280 g/mol. The second kappa shape index (κ2) is 6.16. The van der Waals surface area contributed by atoms with Crippen molar-refractivity contribution in [2.24, 2.45) is 5.92 Å². The Bertz CT molecular complexity index is 557. The third kappa shape index (κ3) is 3.35. The first-order valence-corrected chi connectivity index (χ1v) is 8.02. The van der Waals surface area contributed by atoms with Crippen molar-refractivity contribution in [1.29, 1.82) is 0 Å². The molecule has 1 aromatic rings. The Balaban J connectivity index is 1.45. The Labute approximate surface area is 131 Å². The number of aliphatic hydroxyl groups is 1. The van der Waals surface area contributed by atoms with Crippen molar-refractivity contribution in [2.75, 3.05) is 19.8 Å². The van der Waals surface area contributed by atoms with Crippen LogP contribution < -0.4 is 15.4 Å². The first kappa shape index (κ1) is 15.2. The zero-order valence-electron chi connectivity index (χ0n) is 13.0. The lowest BCUT2D eigenvalue weighted by molar-refractivity contribution is 0.155. The summed E-state index contributed by atoms with van der Waals surface area (Å²) in [6.07, 6.45) is 3.91. The molecule has 1 saturated carbocycles. The fraction of sp³-hybridized carbons (Fsp3) is 0.588. The molecule has 3 N–H and O–H groups in total. The molecule has 5 nitrogen and oxygen atoms in total. The van der Waals surface area contributed by atoms with E-state index in [1.807, 2.05) is 19.1 Å². The van der Waals surface area contributed by atoms with Crippen LogP contribution in [0.3, 0.4) is 0 Å². The lowest BCUT2D eigenvalue weighted by atomic mass is 9.97. The van der Waals surface area contributed by atoms with Gasteiger partial charge in [-0.1, -0.05) is 12.1 Å². The number of nitrogens with one attached hydrogen (secondary N) is 2. The van der Waals surface area contributed by atoms with E-state index in [0.29, 0.717) is 12.5 Å². The third-order valence-electron chi connectivity index (χ3n) is 4.66. The molecular formula is C17H24N2O3. The molecule has 1 aromatic carbocycles. The molecule has 1 aliphatic heterocycles.